The van der Waals surface area contributed by atoms with Crippen LogP contribution >= 0.6 is 0 Å². The van der Waals surface area contributed by atoms with E-state index in [9.17, 15) is 10.2 Å². The second-order valence-corrected chi connectivity index (χ2v) is 11.0. The van der Waals surface area contributed by atoms with E-state index < -0.39 is 5.60 Å². The molecule has 0 saturated heterocycles. The zero-order chi connectivity index (χ0) is 20.7. The summed E-state index contributed by atoms with van der Waals surface area (Å²) >= 11 is 0. The normalized spacial score (nSPS) is 49.5. The molecule has 0 heterocycles. The molecule has 8 atom stereocenters. The fourth-order valence-electron chi connectivity index (χ4n) is 8.26. The van der Waals surface area contributed by atoms with Crippen molar-refractivity contribution in [3.8, 4) is 0 Å². The van der Waals surface area contributed by atoms with Crippen molar-refractivity contribution in [3.05, 3.63) is 0 Å². The summed E-state index contributed by atoms with van der Waals surface area (Å²) in [5.74, 6) is 2.26. The smallest absolute Gasteiger partial charge is 0.129 e. The minimum atomic E-state index is -0.516. The van der Waals surface area contributed by atoms with Gasteiger partial charge in [-0.05, 0) is 105 Å². The maximum Gasteiger partial charge on any atom is 0.129 e. The lowest BCUT2D eigenvalue weighted by Crippen LogP contribution is -2.62. The molecule has 0 aromatic rings. The van der Waals surface area contributed by atoms with Crippen LogP contribution in [0.25, 0.3) is 0 Å². The molecule has 4 aliphatic carbocycles. The van der Waals surface area contributed by atoms with Crippen LogP contribution < -0.4 is 5.73 Å². The summed E-state index contributed by atoms with van der Waals surface area (Å²) in [6.45, 7) is 5.82. The van der Waals surface area contributed by atoms with Crippen molar-refractivity contribution in [2.24, 2.45) is 45.4 Å². The molecule has 29 heavy (non-hydrogen) atoms. The molecule has 0 radical (unpaired) electrons. The summed E-state index contributed by atoms with van der Waals surface area (Å²) in [5, 5.41) is 26.4. The molecule has 0 bridgehead atoms. The molecule has 4 rings (SSSR count). The summed E-state index contributed by atoms with van der Waals surface area (Å²) in [7, 11) is 0. The van der Waals surface area contributed by atoms with Gasteiger partial charge in [0.1, 0.15) is 6.61 Å². The number of nitrogens with two attached hydrogens (primary N) is 1. The zero-order valence-electron chi connectivity index (χ0n) is 18.5. The summed E-state index contributed by atoms with van der Waals surface area (Å²) in [4.78, 5) is 5.12. The van der Waals surface area contributed by atoms with Gasteiger partial charge in [0.25, 0.3) is 0 Å². The highest BCUT2D eigenvalue weighted by Gasteiger charge is 2.66. The molecule has 0 amide bonds. The number of oxime groups is 1. The van der Waals surface area contributed by atoms with Crippen LogP contribution in [0.4, 0.5) is 0 Å². The number of hydrogen-bond acceptors (Lipinski definition) is 5. The van der Waals surface area contributed by atoms with Crippen LogP contribution in [0.3, 0.4) is 0 Å². The Morgan fingerprint density at radius 2 is 1.90 bits per heavy atom. The van der Waals surface area contributed by atoms with Gasteiger partial charge in [-0.1, -0.05) is 19.0 Å². The van der Waals surface area contributed by atoms with Gasteiger partial charge in [-0.3, -0.25) is 0 Å². The fraction of sp³-hybridized carbons (Fsp3) is 0.958. The quantitative estimate of drug-likeness (QED) is 0.355. The predicted molar refractivity (Wildman–Crippen MR) is 115 cm³/mol. The van der Waals surface area contributed by atoms with Crippen molar-refractivity contribution in [1.29, 1.82) is 0 Å². The molecule has 4 saturated carbocycles. The minimum Gasteiger partial charge on any atom is -0.395 e. The SMILES string of the molecule is C[C@]12CC[C@H](O)C[C@H]1CC[C@@H]1[C@@H]2CC[C@]2(C)[C@@H](CCC=NOCCN)CC[C@]12O. The molecule has 0 aromatic carbocycles. The third kappa shape index (κ3) is 3.45. The second kappa shape index (κ2) is 8.12. The molecule has 5 heteroatoms. The van der Waals surface area contributed by atoms with E-state index >= 15 is 0 Å². The van der Waals surface area contributed by atoms with Crippen LogP contribution in [0.5, 0.6) is 0 Å². The van der Waals surface area contributed by atoms with Gasteiger partial charge in [0.05, 0.1) is 11.7 Å². The molecule has 4 fully saturated rings. The Kier molecular flexibility index (Phi) is 6.04. The highest BCUT2D eigenvalue weighted by molar-refractivity contribution is 5.56. The monoisotopic (exact) mass is 406 g/mol. The fourth-order valence-corrected chi connectivity index (χ4v) is 8.26. The van der Waals surface area contributed by atoms with E-state index in [1.54, 1.807) is 0 Å². The number of aliphatic hydroxyl groups is 2. The number of rotatable bonds is 6. The van der Waals surface area contributed by atoms with Crippen LogP contribution in [-0.4, -0.2) is 41.3 Å². The van der Waals surface area contributed by atoms with Crippen molar-refractivity contribution in [1.82, 2.24) is 0 Å². The van der Waals surface area contributed by atoms with Crippen LogP contribution in [-0.2, 0) is 4.84 Å². The Balaban J connectivity index is 1.46. The Labute approximate surface area is 176 Å². The molecule has 0 unspecified atom stereocenters. The summed E-state index contributed by atoms with van der Waals surface area (Å²) in [6, 6.07) is 0. The van der Waals surface area contributed by atoms with E-state index in [4.69, 9.17) is 10.6 Å². The van der Waals surface area contributed by atoms with Crippen LogP contribution in [0.15, 0.2) is 5.16 Å². The number of hydrogen-bond donors (Lipinski definition) is 3. The van der Waals surface area contributed by atoms with E-state index in [0.717, 1.165) is 57.8 Å². The van der Waals surface area contributed by atoms with E-state index in [1.165, 1.54) is 12.8 Å². The van der Waals surface area contributed by atoms with Crippen LogP contribution in [0.1, 0.15) is 84.5 Å². The van der Waals surface area contributed by atoms with Crippen LogP contribution in [0, 0.1) is 34.5 Å². The van der Waals surface area contributed by atoms with Gasteiger partial charge in [-0.25, -0.2) is 0 Å². The first kappa shape index (κ1) is 21.6. The van der Waals surface area contributed by atoms with Gasteiger partial charge in [-0.15, -0.1) is 0 Å². The Morgan fingerprint density at radius 3 is 2.69 bits per heavy atom. The lowest BCUT2D eigenvalue weighted by Gasteiger charge is -2.63. The summed E-state index contributed by atoms with van der Waals surface area (Å²) in [5.41, 5.74) is 5.24. The van der Waals surface area contributed by atoms with Crippen molar-refractivity contribution in [2.45, 2.75) is 96.2 Å². The Bertz CT molecular complexity index is 613. The van der Waals surface area contributed by atoms with Gasteiger partial charge >= 0.3 is 0 Å². The topological polar surface area (TPSA) is 88.1 Å². The zero-order valence-corrected chi connectivity index (χ0v) is 18.5. The third-order valence-electron chi connectivity index (χ3n) is 10.0. The standard InChI is InChI=1S/C24H42N2O3/c1-22-10-8-19(27)16-18(22)5-6-21-20(22)9-11-23(2)17(7-12-24(21,23)28)4-3-14-26-29-15-13-25/h14,17-21,27-28H,3-13,15-16,25H2,1-2H3/t17-,18+,19-,20-,21+,22-,23+,24-/m0/s1. The van der Waals surface area contributed by atoms with Crippen molar-refractivity contribution >= 4 is 6.21 Å². The Hall–Kier alpha value is -0.650. The van der Waals surface area contributed by atoms with Crippen molar-refractivity contribution in [3.63, 3.8) is 0 Å². The van der Waals surface area contributed by atoms with Gasteiger partial charge < -0.3 is 20.8 Å². The van der Waals surface area contributed by atoms with Gasteiger partial charge in [0.15, 0.2) is 0 Å². The second-order valence-electron chi connectivity index (χ2n) is 11.0. The first-order valence-electron chi connectivity index (χ1n) is 12.1. The number of nitrogens with zero attached hydrogens (tertiary/aromatic N) is 1. The van der Waals surface area contributed by atoms with Crippen LogP contribution in [0.2, 0.25) is 0 Å². The molecule has 4 aliphatic rings. The predicted octanol–water partition coefficient (Wildman–Crippen LogP) is 3.86. The molecule has 0 spiro atoms. The average molecular weight is 407 g/mol. The molecular formula is C24H42N2O3. The molecule has 4 N–H and O–H groups in total. The van der Waals surface area contributed by atoms with E-state index in [0.29, 0.717) is 42.2 Å². The van der Waals surface area contributed by atoms with E-state index in [1.807, 2.05) is 6.21 Å². The largest absolute Gasteiger partial charge is 0.395 e. The van der Waals surface area contributed by atoms with Gasteiger partial charge in [-0.2, -0.15) is 0 Å². The Morgan fingerprint density at radius 1 is 1.07 bits per heavy atom. The highest BCUT2D eigenvalue weighted by Crippen LogP contribution is 2.69. The number of aliphatic hydroxyl groups excluding tert-OH is 1. The van der Waals surface area contributed by atoms with Gasteiger partial charge in [0, 0.05) is 12.8 Å². The maximum absolute atomic E-state index is 12.1. The van der Waals surface area contributed by atoms with Crippen molar-refractivity contribution in [2.75, 3.05) is 13.2 Å². The van der Waals surface area contributed by atoms with E-state index in [-0.39, 0.29) is 11.5 Å². The lowest BCUT2D eigenvalue weighted by molar-refractivity contribution is -0.210. The van der Waals surface area contributed by atoms with Crippen molar-refractivity contribution < 1.29 is 15.1 Å². The molecule has 166 valence electrons. The summed E-state index contributed by atoms with van der Waals surface area (Å²) < 4.78 is 0. The lowest BCUT2D eigenvalue weighted by atomic mass is 9.43. The average Bonchev–Trinajstić information content (AvgIpc) is 2.96. The molecule has 5 nitrogen and oxygen atoms in total. The van der Waals surface area contributed by atoms with Gasteiger partial charge in [0.2, 0.25) is 0 Å². The maximum atomic E-state index is 12.1. The molecular weight excluding hydrogens is 364 g/mol. The third-order valence-corrected chi connectivity index (χ3v) is 10.0. The molecule has 0 aromatic heterocycles. The number of fused-ring (bicyclic) bond motifs is 5. The van der Waals surface area contributed by atoms with E-state index in [2.05, 4.69) is 19.0 Å². The summed E-state index contributed by atoms with van der Waals surface area (Å²) in [6.07, 6.45) is 13.6. The first-order chi connectivity index (χ1) is 13.8. The highest BCUT2D eigenvalue weighted by atomic mass is 16.6. The molecule has 0 aliphatic heterocycles. The minimum absolute atomic E-state index is 0.0253. The first-order valence-corrected chi connectivity index (χ1v) is 12.1.